The van der Waals surface area contributed by atoms with Gasteiger partial charge in [0.25, 0.3) is 0 Å². The smallest absolute Gasteiger partial charge is 0.136 e. The van der Waals surface area contributed by atoms with Gasteiger partial charge in [-0.15, -0.1) is 11.3 Å². The summed E-state index contributed by atoms with van der Waals surface area (Å²) in [6.45, 7) is 3.79. The van der Waals surface area contributed by atoms with Crippen LogP contribution in [0, 0.1) is 0 Å². The Bertz CT molecular complexity index is 3120. The lowest BCUT2D eigenvalue weighted by Crippen LogP contribution is -2.10. The number of hydrogen-bond acceptors (Lipinski definition) is 3. The molecule has 0 spiro atoms. The zero-order chi connectivity index (χ0) is 38.1. The molecule has 3 heteroatoms. The van der Waals surface area contributed by atoms with Crippen LogP contribution in [0.2, 0.25) is 0 Å². The Kier molecular flexibility index (Phi) is 8.91. The average molecular weight is 748 g/mol. The fourth-order valence-electron chi connectivity index (χ4n) is 7.89. The first-order valence-electron chi connectivity index (χ1n) is 19.2. The summed E-state index contributed by atoms with van der Waals surface area (Å²) in [6.07, 6.45) is 9.88. The molecule has 10 aromatic rings. The molecule has 2 aromatic heterocycles. The Morgan fingerprint density at radius 1 is 0.474 bits per heavy atom. The van der Waals surface area contributed by atoms with Gasteiger partial charge in [0.15, 0.2) is 0 Å². The van der Waals surface area contributed by atoms with Crippen LogP contribution >= 0.6 is 11.3 Å². The van der Waals surface area contributed by atoms with E-state index in [9.17, 15) is 0 Å². The Morgan fingerprint density at radius 2 is 1.12 bits per heavy atom. The fourth-order valence-corrected chi connectivity index (χ4v) is 9.19. The number of hydrogen-bond donors (Lipinski definition) is 0. The van der Waals surface area contributed by atoms with E-state index in [2.05, 4.69) is 193 Å². The maximum Gasteiger partial charge on any atom is 0.136 e. The van der Waals surface area contributed by atoms with E-state index in [1.165, 1.54) is 48.0 Å². The van der Waals surface area contributed by atoms with Crippen LogP contribution in [-0.2, 0) is 0 Å². The Labute approximate surface area is 336 Å². The first kappa shape index (κ1) is 34.3. The van der Waals surface area contributed by atoms with Gasteiger partial charge in [-0.25, -0.2) is 0 Å². The number of benzene rings is 8. The van der Waals surface area contributed by atoms with Crippen LogP contribution < -0.4 is 4.90 Å². The molecule has 0 fully saturated rings. The van der Waals surface area contributed by atoms with Crippen molar-refractivity contribution in [2.45, 2.75) is 0 Å². The number of anilines is 3. The van der Waals surface area contributed by atoms with Crippen LogP contribution in [0.15, 0.2) is 217 Å². The number of rotatable bonds is 9. The maximum atomic E-state index is 6.52. The summed E-state index contributed by atoms with van der Waals surface area (Å²) in [5.41, 5.74) is 13.3. The lowest BCUT2D eigenvalue weighted by molar-refractivity contribution is 0.669. The minimum Gasteiger partial charge on any atom is -0.456 e. The molecular formula is C54H37NOS. The lowest BCUT2D eigenvalue weighted by Gasteiger charge is -2.27. The summed E-state index contributed by atoms with van der Waals surface area (Å²) >= 11 is 1.87. The van der Waals surface area contributed by atoms with Crippen molar-refractivity contribution in [1.29, 1.82) is 0 Å². The highest BCUT2D eigenvalue weighted by molar-refractivity contribution is 7.26. The van der Waals surface area contributed by atoms with Crippen LogP contribution in [0.4, 0.5) is 17.1 Å². The largest absolute Gasteiger partial charge is 0.456 e. The van der Waals surface area contributed by atoms with Crippen molar-refractivity contribution in [1.82, 2.24) is 0 Å². The van der Waals surface area contributed by atoms with Crippen molar-refractivity contribution in [2.24, 2.45) is 0 Å². The summed E-state index contributed by atoms with van der Waals surface area (Å²) < 4.78 is 9.05. The lowest BCUT2D eigenvalue weighted by atomic mass is 9.98. The average Bonchev–Trinajstić information content (AvgIpc) is 3.85. The van der Waals surface area contributed by atoms with Crippen molar-refractivity contribution in [3.05, 3.63) is 218 Å². The van der Waals surface area contributed by atoms with Crippen molar-refractivity contribution >= 4 is 76.6 Å². The Hall–Kier alpha value is -7.20. The predicted molar refractivity (Wildman–Crippen MR) is 246 cm³/mol. The standard InChI is InChI=1S/C54H37NOS/c1-2-3-4-8-15-37-22-26-43(27-23-37)55(44-28-33-50-48(36-44)46-29-24-41(34-51(46)56-50)38-16-9-5-10-17-38)49-32-31-45(40-20-13-7-14-21-40)54-53(49)47-30-25-42(35-52(47)57-54)39-18-11-6-12-19-39/h2-36H,1H2/b4-3-,15-8+. The van der Waals surface area contributed by atoms with Crippen LogP contribution in [-0.4, -0.2) is 0 Å². The van der Waals surface area contributed by atoms with E-state index in [1.54, 1.807) is 6.08 Å². The molecule has 0 saturated heterocycles. The van der Waals surface area contributed by atoms with Crippen molar-refractivity contribution < 1.29 is 4.42 Å². The summed E-state index contributed by atoms with van der Waals surface area (Å²) in [4.78, 5) is 2.41. The third-order valence-electron chi connectivity index (χ3n) is 10.6. The highest BCUT2D eigenvalue weighted by Crippen LogP contribution is 2.49. The quantitative estimate of drug-likeness (QED) is 0.137. The number of thiophene rings is 1. The molecule has 8 aromatic carbocycles. The number of furan rings is 1. The SMILES string of the molecule is C=C/C=C\C=C\c1ccc(N(c2ccc3oc4cc(-c5ccccc5)ccc4c3c2)c2ccc(-c3ccccc3)c3sc4cc(-c5ccccc5)ccc4c23)cc1. The molecule has 0 N–H and O–H groups in total. The highest BCUT2D eigenvalue weighted by Gasteiger charge is 2.22. The van der Waals surface area contributed by atoms with E-state index in [4.69, 9.17) is 4.42 Å². The van der Waals surface area contributed by atoms with E-state index in [-0.39, 0.29) is 0 Å². The predicted octanol–water partition coefficient (Wildman–Crippen LogP) is 16.2. The summed E-state index contributed by atoms with van der Waals surface area (Å²) in [5.74, 6) is 0. The second kappa shape index (κ2) is 14.8. The molecule has 0 bridgehead atoms. The number of nitrogens with zero attached hydrogens (tertiary/aromatic N) is 1. The molecule has 57 heavy (non-hydrogen) atoms. The topological polar surface area (TPSA) is 16.4 Å². The van der Waals surface area contributed by atoms with Crippen molar-refractivity contribution in [3.8, 4) is 33.4 Å². The van der Waals surface area contributed by atoms with Crippen LogP contribution in [0.3, 0.4) is 0 Å². The molecule has 0 aliphatic rings. The first-order chi connectivity index (χ1) is 28.2. The molecule has 0 radical (unpaired) electrons. The number of fused-ring (bicyclic) bond motifs is 6. The van der Waals surface area contributed by atoms with E-state index in [0.717, 1.165) is 50.1 Å². The van der Waals surface area contributed by atoms with Crippen LogP contribution in [0.25, 0.3) is 81.6 Å². The van der Waals surface area contributed by atoms with Gasteiger partial charge in [-0.3, -0.25) is 0 Å². The summed E-state index contributed by atoms with van der Waals surface area (Å²) in [7, 11) is 0. The Morgan fingerprint density at radius 3 is 1.82 bits per heavy atom. The summed E-state index contributed by atoms with van der Waals surface area (Å²) in [5, 5.41) is 4.66. The van der Waals surface area contributed by atoms with E-state index in [1.807, 2.05) is 35.6 Å². The fraction of sp³-hybridized carbons (Fsp3) is 0. The molecule has 0 unspecified atom stereocenters. The molecule has 0 aliphatic carbocycles. The van der Waals surface area contributed by atoms with Gasteiger partial charge in [0.2, 0.25) is 0 Å². The number of allylic oxidation sites excluding steroid dienone is 4. The molecule has 2 heterocycles. The van der Waals surface area contributed by atoms with Gasteiger partial charge < -0.3 is 9.32 Å². The van der Waals surface area contributed by atoms with Crippen molar-refractivity contribution in [3.63, 3.8) is 0 Å². The zero-order valence-corrected chi connectivity index (χ0v) is 32.0. The van der Waals surface area contributed by atoms with Gasteiger partial charge in [0.05, 0.1) is 5.69 Å². The van der Waals surface area contributed by atoms with Gasteiger partial charge >= 0.3 is 0 Å². The van der Waals surface area contributed by atoms with Crippen molar-refractivity contribution in [2.75, 3.05) is 4.90 Å². The molecule has 0 aliphatic heterocycles. The normalized spacial score (nSPS) is 11.8. The molecule has 0 saturated carbocycles. The zero-order valence-electron chi connectivity index (χ0n) is 31.2. The monoisotopic (exact) mass is 747 g/mol. The third kappa shape index (κ3) is 6.44. The van der Waals surface area contributed by atoms with E-state index >= 15 is 0 Å². The van der Waals surface area contributed by atoms with Gasteiger partial charge in [-0.1, -0.05) is 164 Å². The van der Waals surface area contributed by atoms with E-state index < -0.39 is 0 Å². The second-order valence-electron chi connectivity index (χ2n) is 14.1. The van der Waals surface area contributed by atoms with Crippen LogP contribution in [0.5, 0.6) is 0 Å². The highest BCUT2D eigenvalue weighted by atomic mass is 32.1. The molecule has 2 nitrogen and oxygen atoms in total. The Balaban J connectivity index is 1.19. The minimum absolute atomic E-state index is 0.867. The van der Waals surface area contributed by atoms with Gasteiger partial charge in [0, 0.05) is 42.3 Å². The minimum atomic E-state index is 0.867. The molecular weight excluding hydrogens is 711 g/mol. The third-order valence-corrected chi connectivity index (χ3v) is 11.8. The van der Waals surface area contributed by atoms with Gasteiger partial charge in [-0.2, -0.15) is 0 Å². The molecule has 10 rings (SSSR count). The van der Waals surface area contributed by atoms with Crippen LogP contribution in [0.1, 0.15) is 5.56 Å². The molecule has 0 atom stereocenters. The first-order valence-corrected chi connectivity index (χ1v) is 20.0. The van der Waals surface area contributed by atoms with Gasteiger partial charge in [-0.05, 0) is 93.5 Å². The molecule has 270 valence electrons. The van der Waals surface area contributed by atoms with Gasteiger partial charge in [0.1, 0.15) is 11.2 Å². The molecule has 0 amide bonds. The second-order valence-corrected chi connectivity index (χ2v) is 15.2. The van der Waals surface area contributed by atoms with E-state index in [0.29, 0.717) is 0 Å². The maximum absolute atomic E-state index is 6.52. The summed E-state index contributed by atoms with van der Waals surface area (Å²) in [6, 6.07) is 65.4.